The van der Waals surface area contributed by atoms with Crippen LogP contribution in [0.2, 0.25) is 0 Å². The van der Waals surface area contributed by atoms with Gasteiger partial charge in [0.1, 0.15) is 0 Å². The van der Waals surface area contributed by atoms with Crippen molar-refractivity contribution >= 4 is 17.3 Å². The Kier molecular flexibility index (Phi) is 7.85. The number of hydrogen-bond donors (Lipinski definition) is 1. The van der Waals surface area contributed by atoms with E-state index in [9.17, 15) is 4.79 Å². The van der Waals surface area contributed by atoms with E-state index in [1.54, 1.807) is 6.20 Å². The smallest absolute Gasteiger partial charge is 0.255 e. The summed E-state index contributed by atoms with van der Waals surface area (Å²) in [5.41, 5.74) is 2.50. The molecule has 1 N–H and O–H groups in total. The largest absolute Gasteiger partial charge is 0.369 e. The van der Waals surface area contributed by atoms with Crippen LogP contribution < -0.4 is 10.2 Å². The molecule has 0 radical (unpaired) electrons. The fraction of sp³-hybridized carbons (Fsp3) is 0.524. The summed E-state index contributed by atoms with van der Waals surface area (Å²) in [6.45, 7) is 15.6. The van der Waals surface area contributed by atoms with Crippen molar-refractivity contribution in [2.75, 3.05) is 36.4 Å². The van der Waals surface area contributed by atoms with Crippen LogP contribution in [-0.4, -0.2) is 52.8 Å². The molecule has 2 rings (SSSR count). The number of aromatic nitrogens is 2. The van der Waals surface area contributed by atoms with Crippen LogP contribution in [0.25, 0.3) is 0 Å². The minimum Gasteiger partial charge on any atom is -0.369 e. The van der Waals surface area contributed by atoms with E-state index in [2.05, 4.69) is 54.8 Å². The SMILES string of the molecule is CCN(CC)CCn1cc(NC(=O)c2ccc(N(CC)C(C)C)cc2)cn1. The van der Waals surface area contributed by atoms with Gasteiger partial charge < -0.3 is 15.1 Å². The number of carbonyl (C=O) groups is 1. The molecule has 1 aromatic heterocycles. The summed E-state index contributed by atoms with van der Waals surface area (Å²) in [7, 11) is 0. The first-order valence-corrected chi connectivity index (χ1v) is 9.91. The summed E-state index contributed by atoms with van der Waals surface area (Å²) in [4.78, 5) is 17.1. The molecule has 0 aliphatic rings. The molecule has 1 aromatic carbocycles. The van der Waals surface area contributed by atoms with Gasteiger partial charge in [-0.2, -0.15) is 5.10 Å². The van der Waals surface area contributed by atoms with Crippen molar-refractivity contribution in [2.24, 2.45) is 0 Å². The molecule has 148 valence electrons. The zero-order chi connectivity index (χ0) is 19.8. The van der Waals surface area contributed by atoms with Crippen LogP contribution in [0.1, 0.15) is 45.0 Å². The average molecular weight is 372 g/mol. The number of rotatable bonds is 10. The van der Waals surface area contributed by atoms with Crippen LogP contribution in [0.15, 0.2) is 36.7 Å². The summed E-state index contributed by atoms with van der Waals surface area (Å²) < 4.78 is 1.87. The Morgan fingerprint density at radius 3 is 2.33 bits per heavy atom. The normalized spacial score (nSPS) is 11.2. The van der Waals surface area contributed by atoms with Crippen molar-refractivity contribution in [1.29, 1.82) is 0 Å². The molecule has 6 heteroatoms. The zero-order valence-electron chi connectivity index (χ0n) is 17.3. The Balaban J connectivity index is 1.95. The summed E-state index contributed by atoms with van der Waals surface area (Å²) >= 11 is 0. The van der Waals surface area contributed by atoms with E-state index in [0.717, 1.165) is 44.1 Å². The van der Waals surface area contributed by atoms with Crippen molar-refractivity contribution < 1.29 is 4.79 Å². The van der Waals surface area contributed by atoms with Gasteiger partial charge in [-0.3, -0.25) is 9.48 Å². The Morgan fingerprint density at radius 1 is 1.11 bits per heavy atom. The lowest BCUT2D eigenvalue weighted by atomic mass is 10.1. The Bertz CT molecular complexity index is 704. The van der Waals surface area contributed by atoms with Crippen molar-refractivity contribution in [3.63, 3.8) is 0 Å². The Morgan fingerprint density at radius 2 is 1.78 bits per heavy atom. The molecule has 2 aromatic rings. The predicted molar refractivity (Wildman–Crippen MR) is 113 cm³/mol. The van der Waals surface area contributed by atoms with Gasteiger partial charge in [-0.15, -0.1) is 0 Å². The monoisotopic (exact) mass is 371 g/mol. The zero-order valence-corrected chi connectivity index (χ0v) is 17.3. The summed E-state index contributed by atoms with van der Waals surface area (Å²) in [6.07, 6.45) is 3.58. The predicted octanol–water partition coefficient (Wildman–Crippen LogP) is 3.71. The van der Waals surface area contributed by atoms with Gasteiger partial charge in [0.05, 0.1) is 18.4 Å². The fourth-order valence-electron chi connectivity index (χ4n) is 3.19. The van der Waals surface area contributed by atoms with Crippen LogP contribution in [-0.2, 0) is 6.54 Å². The summed E-state index contributed by atoms with van der Waals surface area (Å²) in [5, 5.41) is 7.27. The molecule has 27 heavy (non-hydrogen) atoms. The molecule has 0 unspecified atom stereocenters. The minimum atomic E-state index is -0.113. The molecular formula is C21H33N5O. The van der Waals surface area contributed by atoms with Gasteiger partial charge >= 0.3 is 0 Å². The van der Waals surface area contributed by atoms with Crippen molar-refractivity contribution in [3.8, 4) is 0 Å². The van der Waals surface area contributed by atoms with E-state index in [0.29, 0.717) is 11.6 Å². The standard InChI is InChI=1S/C21H33N5O/c1-6-24(7-2)13-14-25-16-19(15-22-25)23-21(27)18-9-11-20(12-10-18)26(8-3)17(4)5/h9-12,15-17H,6-8,13-14H2,1-5H3,(H,23,27). The van der Waals surface area contributed by atoms with Crippen LogP contribution >= 0.6 is 0 Å². The van der Waals surface area contributed by atoms with E-state index in [1.165, 1.54) is 0 Å². The first-order chi connectivity index (χ1) is 13.0. The molecule has 0 fully saturated rings. The van der Waals surface area contributed by atoms with Gasteiger partial charge in [0.15, 0.2) is 0 Å². The van der Waals surface area contributed by atoms with Crippen LogP contribution in [0.4, 0.5) is 11.4 Å². The Labute approximate surface area is 163 Å². The Hall–Kier alpha value is -2.34. The van der Waals surface area contributed by atoms with Gasteiger partial charge in [0.25, 0.3) is 5.91 Å². The van der Waals surface area contributed by atoms with Gasteiger partial charge in [-0.05, 0) is 58.1 Å². The molecule has 1 amide bonds. The number of carbonyl (C=O) groups excluding carboxylic acids is 1. The highest BCUT2D eigenvalue weighted by Gasteiger charge is 2.11. The highest BCUT2D eigenvalue weighted by molar-refractivity contribution is 6.04. The third kappa shape index (κ3) is 5.82. The van der Waals surface area contributed by atoms with Crippen molar-refractivity contribution in [3.05, 3.63) is 42.2 Å². The quantitative estimate of drug-likeness (QED) is 0.692. The van der Waals surface area contributed by atoms with Crippen molar-refractivity contribution in [1.82, 2.24) is 14.7 Å². The van der Waals surface area contributed by atoms with E-state index in [-0.39, 0.29) is 5.91 Å². The molecule has 0 aliphatic carbocycles. The number of hydrogen-bond acceptors (Lipinski definition) is 4. The van der Waals surface area contributed by atoms with E-state index in [4.69, 9.17) is 0 Å². The van der Waals surface area contributed by atoms with Gasteiger partial charge in [0, 0.05) is 36.6 Å². The molecule has 0 saturated carbocycles. The fourth-order valence-corrected chi connectivity index (χ4v) is 3.19. The molecule has 1 heterocycles. The number of amides is 1. The lowest BCUT2D eigenvalue weighted by Crippen LogP contribution is -2.30. The lowest BCUT2D eigenvalue weighted by molar-refractivity contribution is 0.102. The van der Waals surface area contributed by atoms with Crippen molar-refractivity contribution in [2.45, 2.75) is 47.2 Å². The van der Waals surface area contributed by atoms with Gasteiger partial charge in [0.2, 0.25) is 0 Å². The maximum absolute atomic E-state index is 12.5. The summed E-state index contributed by atoms with van der Waals surface area (Å²) in [5.74, 6) is -0.113. The van der Waals surface area contributed by atoms with E-state index in [1.807, 2.05) is 35.1 Å². The maximum Gasteiger partial charge on any atom is 0.255 e. The van der Waals surface area contributed by atoms with Gasteiger partial charge in [-0.1, -0.05) is 13.8 Å². The maximum atomic E-state index is 12.5. The molecule has 0 spiro atoms. The minimum absolute atomic E-state index is 0.113. The number of likely N-dealkylation sites (N-methyl/N-ethyl adjacent to an activating group) is 1. The van der Waals surface area contributed by atoms with E-state index < -0.39 is 0 Å². The number of nitrogens with zero attached hydrogens (tertiary/aromatic N) is 4. The van der Waals surface area contributed by atoms with Crippen LogP contribution in [0.3, 0.4) is 0 Å². The second-order valence-electron chi connectivity index (χ2n) is 6.90. The number of nitrogens with one attached hydrogen (secondary N) is 1. The highest BCUT2D eigenvalue weighted by Crippen LogP contribution is 2.18. The number of anilines is 2. The second-order valence-corrected chi connectivity index (χ2v) is 6.90. The average Bonchev–Trinajstić information content (AvgIpc) is 3.10. The first kappa shape index (κ1) is 21.0. The third-order valence-corrected chi connectivity index (χ3v) is 4.86. The second kappa shape index (κ2) is 10.1. The number of benzene rings is 1. The van der Waals surface area contributed by atoms with Crippen LogP contribution in [0.5, 0.6) is 0 Å². The topological polar surface area (TPSA) is 53.4 Å². The molecule has 0 atom stereocenters. The lowest BCUT2D eigenvalue weighted by Gasteiger charge is -2.27. The van der Waals surface area contributed by atoms with Gasteiger partial charge in [-0.25, -0.2) is 0 Å². The molecule has 0 saturated heterocycles. The highest BCUT2D eigenvalue weighted by atomic mass is 16.1. The van der Waals surface area contributed by atoms with Crippen LogP contribution in [0, 0.1) is 0 Å². The van der Waals surface area contributed by atoms with E-state index >= 15 is 0 Å². The molecule has 0 bridgehead atoms. The third-order valence-electron chi connectivity index (χ3n) is 4.86. The molecule has 6 nitrogen and oxygen atoms in total. The molecule has 0 aliphatic heterocycles. The summed E-state index contributed by atoms with van der Waals surface area (Å²) in [6, 6.07) is 8.19. The first-order valence-electron chi connectivity index (χ1n) is 9.91. The molecular weight excluding hydrogens is 338 g/mol.